The first-order valence-electron chi connectivity index (χ1n) is 7.74. The van der Waals surface area contributed by atoms with Crippen LogP contribution in [-0.2, 0) is 4.79 Å². The standard InChI is InChI=1S/C18H17F3N2O4/c1-26-13-8-6-12(7-9-13)23(11-18(19,20)21)16(24)10-27-15-5-3-2-4-14(15)17(22)25/h2-9H,10-11H2,1H3,(H2,22,25). The van der Waals surface area contributed by atoms with Crippen molar-refractivity contribution in [2.45, 2.75) is 6.18 Å². The Bertz CT molecular complexity index is 807. The van der Waals surface area contributed by atoms with Crippen LogP contribution in [0.5, 0.6) is 11.5 Å². The summed E-state index contributed by atoms with van der Waals surface area (Å²) in [5.41, 5.74) is 5.26. The van der Waals surface area contributed by atoms with Gasteiger partial charge in [-0.05, 0) is 36.4 Å². The Kier molecular flexibility index (Phi) is 6.27. The van der Waals surface area contributed by atoms with E-state index in [1.54, 1.807) is 12.1 Å². The Labute approximate surface area is 153 Å². The van der Waals surface area contributed by atoms with Gasteiger partial charge in [-0.1, -0.05) is 12.1 Å². The van der Waals surface area contributed by atoms with Gasteiger partial charge in [0.05, 0.1) is 12.7 Å². The van der Waals surface area contributed by atoms with Crippen molar-refractivity contribution in [3.63, 3.8) is 0 Å². The first-order valence-corrected chi connectivity index (χ1v) is 7.74. The Morgan fingerprint density at radius 3 is 2.26 bits per heavy atom. The predicted molar refractivity (Wildman–Crippen MR) is 91.9 cm³/mol. The lowest BCUT2D eigenvalue weighted by atomic mass is 10.2. The second-order valence-corrected chi connectivity index (χ2v) is 5.44. The summed E-state index contributed by atoms with van der Waals surface area (Å²) in [6.45, 7) is -2.19. The minimum atomic E-state index is -4.61. The molecule has 2 aromatic carbocycles. The van der Waals surface area contributed by atoms with Gasteiger partial charge in [0.25, 0.3) is 11.8 Å². The van der Waals surface area contributed by atoms with E-state index in [9.17, 15) is 22.8 Å². The third kappa shape index (κ3) is 5.63. The Morgan fingerprint density at radius 1 is 1.07 bits per heavy atom. The summed E-state index contributed by atoms with van der Waals surface area (Å²) in [6, 6.07) is 11.4. The SMILES string of the molecule is COc1ccc(N(CC(F)(F)F)C(=O)COc2ccccc2C(N)=O)cc1. The van der Waals surface area contributed by atoms with E-state index >= 15 is 0 Å². The molecule has 0 aliphatic rings. The number of nitrogens with two attached hydrogens (primary N) is 1. The molecule has 0 radical (unpaired) electrons. The summed E-state index contributed by atoms with van der Waals surface area (Å²) in [5, 5.41) is 0. The molecule has 6 nitrogen and oxygen atoms in total. The summed E-state index contributed by atoms with van der Waals surface area (Å²) in [4.78, 5) is 24.3. The van der Waals surface area contributed by atoms with Crippen molar-refractivity contribution in [3.05, 3.63) is 54.1 Å². The molecule has 2 N–H and O–H groups in total. The van der Waals surface area contributed by atoms with Gasteiger partial charge in [-0.25, -0.2) is 0 Å². The molecule has 0 atom stereocenters. The summed E-state index contributed by atoms with van der Waals surface area (Å²) in [7, 11) is 1.41. The normalized spacial score (nSPS) is 11.0. The van der Waals surface area contributed by atoms with E-state index in [1.807, 2.05) is 0 Å². The highest BCUT2D eigenvalue weighted by molar-refractivity contribution is 5.97. The number of carbonyl (C=O) groups excluding carboxylic acids is 2. The Hall–Kier alpha value is -3.23. The van der Waals surface area contributed by atoms with Gasteiger partial charge in [0.1, 0.15) is 18.0 Å². The zero-order valence-corrected chi connectivity index (χ0v) is 14.3. The molecule has 0 fully saturated rings. The van der Waals surface area contributed by atoms with Crippen LogP contribution in [0, 0.1) is 0 Å². The molecule has 0 aliphatic carbocycles. The molecule has 0 heterocycles. The summed E-state index contributed by atoms with van der Waals surface area (Å²) in [6.07, 6.45) is -4.61. The minimum Gasteiger partial charge on any atom is -0.497 e. The lowest BCUT2D eigenvalue weighted by Crippen LogP contribution is -2.41. The fourth-order valence-corrected chi connectivity index (χ4v) is 2.28. The van der Waals surface area contributed by atoms with E-state index in [1.165, 1.54) is 43.5 Å². The van der Waals surface area contributed by atoms with Gasteiger partial charge >= 0.3 is 6.18 Å². The maximum Gasteiger partial charge on any atom is 0.406 e. The van der Waals surface area contributed by atoms with E-state index in [-0.39, 0.29) is 17.0 Å². The number of methoxy groups -OCH3 is 1. The number of primary amides is 1. The largest absolute Gasteiger partial charge is 0.497 e. The third-order valence-electron chi connectivity index (χ3n) is 3.53. The van der Waals surface area contributed by atoms with E-state index in [4.69, 9.17) is 15.2 Å². The number of ether oxygens (including phenoxy) is 2. The van der Waals surface area contributed by atoms with Gasteiger partial charge in [-0.15, -0.1) is 0 Å². The molecule has 27 heavy (non-hydrogen) atoms. The number of amides is 2. The molecule has 2 aromatic rings. The number of anilines is 1. The van der Waals surface area contributed by atoms with Crippen LogP contribution < -0.4 is 20.1 Å². The lowest BCUT2D eigenvalue weighted by molar-refractivity contribution is -0.133. The van der Waals surface area contributed by atoms with Crippen LogP contribution in [0.15, 0.2) is 48.5 Å². The maximum absolute atomic E-state index is 12.9. The summed E-state index contributed by atoms with van der Waals surface area (Å²) in [5.74, 6) is -1.26. The van der Waals surface area contributed by atoms with Crippen LogP contribution in [0.1, 0.15) is 10.4 Å². The number of alkyl halides is 3. The van der Waals surface area contributed by atoms with Crippen molar-refractivity contribution in [3.8, 4) is 11.5 Å². The zero-order chi connectivity index (χ0) is 20.0. The topological polar surface area (TPSA) is 81.9 Å². The first kappa shape index (κ1) is 20.1. The highest BCUT2D eigenvalue weighted by atomic mass is 19.4. The van der Waals surface area contributed by atoms with Crippen LogP contribution in [0.3, 0.4) is 0 Å². The van der Waals surface area contributed by atoms with Crippen molar-refractivity contribution in [2.24, 2.45) is 5.73 Å². The molecule has 2 amide bonds. The number of benzene rings is 2. The Morgan fingerprint density at radius 2 is 1.70 bits per heavy atom. The van der Waals surface area contributed by atoms with Crippen LogP contribution in [0.25, 0.3) is 0 Å². The smallest absolute Gasteiger partial charge is 0.406 e. The maximum atomic E-state index is 12.9. The minimum absolute atomic E-state index is 0.0139. The quantitative estimate of drug-likeness (QED) is 0.798. The number of nitrogens with zero attached hydrogens (tertiary/aromatic N) is 1. The first-order chi connectivity index (χ1) is 12.7. The number of hydrogen-bond donors (Lipinski definition) is 1. The van der Waals surface area contributed by atoms with Gasteiger partial charge in [-0.3, -0.25) is 9.59 Å². The van der Waals surface area contributed by atoms with Gasteiger partial charge in [0.2, 0.25) is 0 Å². The predicted octanol–water partition coefficient (Wildman–Crippen LogP) is 2.77. The van der Waals surface area contributed by atoms with Crippen LogP contribution in [0.2, 0.25) is 0 Å². The van der Waals surface area contributed by atoms with Gasteiger partial charge in [0.15, 0.2) is 6.61 Å². The average Bonchev–Trinajstić information content (AvgIpc) is 2.63. The second kappa shape index (κ2) is 8.43. The number of halogens is 3. The van der Waals surface area contributed by atoms with Crippen LogP contribution in [-0.4, -0.2) is 38.3 Å². The van der Waals surface area contributed by atoms with Crippen molar-refractivity contribution in [1.29, 1.82) is 0 Å². The monoisotopic (exact) mass is 382 g/mol. The third-order valence-corrected chi connectivity index (χ3v) is 3.53. The lowest BCUT2D eigenvalue weighted by Gasteiger charge is -2.24. The highest BCUT2D eigenvalue weighted by Gasteiger charge is 2.34. The van der Waals surface area contributed by atoms with Gasteiger partial charge in [-0.2, -0.15) is 13.2 Å². The van der Waals surface area contributed by atoms with Crippen molar-refractivity contribution >= 4 is 17.5 Å². The molecule has 0 aromatic heterocycles. The van der Waals surface area contributed by atoms with E-state index in [0.717, 1.165) is 0 Å². The molecule has 0 spiro atoms. The Balaban J connectivity index is 2.20. The zero-order valence-electron chi connectivity index (χ0n) is 14.3. The molecular weight excluding hydrogens is 365 g/mol. The highest BCUT2D eigenvalue weighted by Crippen LogP contribution is 2.25. The number of carbonyl (C=O) groups is 2. The van der Waals surface area contributed by atoms with E-state index in [2.05, 4.69) is 0 Å². The molecule has 0 saturated carbocycles. The fraction of sp³-hybridized carbons (Fsp3) is 0.222. The molecular formula is C18H17F3N2O4. The van der Waals surface area contributed by atoms with Crippen molar-refractivity contribution in [2.75, 3.05) is 25.2 Å². The number of para-hydroxylation sites is 1. The fourth-order valence-electron chi connectivity index (χ4n) is 2.28. The van der Waals surface area contributed by atoms with Gasteiger partial charge < -0.3 is 20.1 Å². The number of rotatable bonds is 7. The molecule has 0 unspecified atom stereocenters. The van der Waals surface area contributed by atoms with Crippen LogP contribution >= 0.6 is 0 Å². The summed E-state index contributed by atoms with van der Waals surface area (Å²) < 4.78 is 48.9. The molecule has 0 bridgehead atoms. The molecule has 2 rings (SSSR count). The average molecular weight is 382 g/mol. The van der Waals surface area contributed by atoms with Crippen molar-refractivity contribution in [1.82, 2.24) is 0 Å². The van der Waals surface area contributed by atoms with E-state index in [0.29, 0.717) is 10.6 Å². The van der Waals surface area contributed by atoms with E-state index < -0.39 is 31.1 Å². The second-order valence-electron chi connectivity index (χ2n) is 5.44. The number of hydrogen-bond acceptors (Lipinski definition) is 4. The van der Waals surface area contributed by atoms with Crippen LogP contribution in [0.4, 0.5) is 18.9 Å². The summed E-state index contributed by atoms with van der Waals surface area (Å²) >= 11 is 0. The molecule has 144 valence electrons. The molecule has 0 aliphatic heterocycles. The molecule has 9 heteroatoms. The van der Waals surface area contributed by atoms with Crippen molar-refractivity contribution < 1.29 is 32.2 Å². The van der Waals surface area contributed by atoms with Gasteiger partial charge in [0, 0.05) is 5.69 Å². The molecule has 0 saturated heterocycles.